The number of carboxylic acid groups (broad SMARTS) is 1. The molecule has 1 aromatic rings. The van der Waals surface area contributed by atoms with Gasteiger partial charge in [0, 0.05) is 13.0 Å². The van der Waals surface area contributed by atoms with Crippen molar-refractivity contribution in [2.45, 2.75) is 19.3 Å². The lowest BCUT2D eigenvalue weighted by Gasteiger charge is -2.07. The number of anilines is 1. The van der Waals surface area contributed by atoms with Crippen LogP contribution in [0.25, 0.3) is 0 Å². The lowest BCUT2D eigenvalue weighted by atomic mass is 10.2. The molecule has 1 rings (SSSR count). The van der Waals surface area contributed by atoms with E-state index in [1.807, 2.05) is 6.07 Å². The molecule has 0 unspecified atom stereocenters. The average molecular weight is 236 g/mol. The van der Waals surface area contributed by atoms with Crippen molar-refractivity contribution in [2.75, 3.05) is 11.9 Å². The summed E-state index contributed by atoms with van der Waals surface area (Å²) in [6.07, 6.45) is 1.40. The first-order valence-corrected chi connectivity index (χ1v) is 5.29. The van der Waals surface area contributed by atoms with Gasteiger partial charge in [0.25, 0.3) is 0 Å². The van der Waals surface area contributed by atoms with Crippen LogP contribution in [0.1, 0.15) is 24.8 Å². The van der Waals surface area contributed by atoms with Gasteiger partial charge in [0.1, 0.15) is 11.9 Å². The second-order valence-electron chi connectivity index (χ2n) is 3.58. The lowest BCUT2D eigenvalue weighted by Crippen LogP contribution is -2.04. The number of halogens is 1. The molecule has 17 heavy (non-hydrogen) atoms. The minimum absolute atomic E-state index is 0.135. The van der Waals surface area contributed by atoms with E-state index in [4.69, 9.17) is 10.4 Å². The van der Waals surface area contributed by atoms with Gasteiger partial charge in [-0.3, -0.25) is 4.79 Å². The second-order valence-corrected chi connectivity index (χ2v) is 3.58. The normalized spacial score (nSPS) is 9.65. The van der Waals surface area contributed by atoms with Crippen LogP contribution in [0.4, 0.5) is 10.1 Å². The Hall–Kier alpha value is -2.09. The summed E-state index contributed by atoms with van der Waals surface area (Å²) >= 11 is 0. The fourth-order valence-corrected chi connectivity index (χ4v) is 1.39. The van der Waals surface area contributed by atoms with Crippen molar-refractivity contribution in [3.63, 3.8) is 0 Å². The van der Waals surface area contributed by atoms with Crippen LogP contribution in [0, 0.1) is 17.1 Å². The highest BCUT2D eigenvalue weighted by Gasteiger charge is 2.03. The smallest absolute Gasteiger partial charge is 0.303 e. The Morgan fingerprint density at radius 1 is 1.47 bits per heavy atom. The molecule has 0 bridgehead atoms. The van der Waals surface area contributed by atoms with Gasteiger partial charge < -0.3 is 10.4 Å². The van der Waals surface area contributed by atoms with Crippen molar-refractivity contribution in [2.24, 2.45) is 0 Å². The monoisotopic (exact) mass is 236 g/mol. The van der Waals surface area contributed by atoms with E-state index in [2.05, 4.69) is 5.32 Å². The Balaban J connectivity index is 2.42. The van der Waals surface area contributed by atoms with E-state index in [1.165, 1.54) is 18.2 Å². The van der Waals surface area contributed by atoms with Crippen LogP contribution in [-0.2, 0) is 4.79 Å². The molecule has 0 aliphatic heterocycles. The van der Waals surface area contributed by atoms with E-state index in [0.29, 0.717) is 25.1 Å². The van der Waals surface area contributed by atoms with Gasteiger partial charge in [0.2, 0.25) is 0 Å². The van der Waals surface area contributed by atoms with Gasteiger partial charge in [0.05, 0.1) is 11.3 Å². The molecule has 4 nitrogen and oxygen atoms in total. The molecular formula is C12H13FN2O2. The first-order chi connectivity index (χ1) is 8.13. The van der Waals surface area contributed by atoms with Crippen LogP contribution < -0.4 is 5.32 Å². The second kappa shape index (κ2) is 6.48. The van der Waals surface area contributed by atoms with Crippen molar-refractivity contribution in [3.8, 4) is 6.07 Å². The highest BCUT2D eigenvalue weighted by Crippen LogP contribution is 2.15. The van der Waals surface area contributed by atoms with Gasteiger partial charge in [-0.05, 0) is 31.0 Å². The summed E-state index contributed by atoms with van der Waals surface area (Å²) in [4.78, 5) is 10.3. The third-order valence-electron chi connectivity index (χ3n) is 2.23. The first kappa shape index (κ1) is 13.0. The number of rotatable bonds is 6. The van der Waals surface area contributed by atoms with Gasteiger partial charge in [-0.2, -0.15) is 5.26 Å². The zero-order valence-corrected chi connectivity index (χ0v) is 9.24. The Kier molecular flexibility index (Phi) is 4.95. The predicted octanol–water partition coefficient (Wildman–Crippen LogP) is 2.36. The molecule has 0 heterocycles. The van der Waals surface area contributed by atoms with Crippen molar-refractivity contribution >= 4 is 11.7 Å². The van der Waals surface area contributed by atoms with E-state index < -0.39 is 11.8 Å². The first-order valence-electron chi connectivity index (χ1n) is 5.29. The Labute approximate surface area is 98.7 Å². The largest absolute Gasteiger partial charge is 0.481 e. The number of nitriles is 1. The quantitative estimate of drug-likeness (QED) is 0.743. The fraction of sp³-hybridized carbons (Fsp3) is 0.333. The summed E-state index contributed by atoms with van der Waals surface area (Å²) in [5, 5.41) is 20.2. The topological polar surface area (TPSA) is 73.1 Å². The fourth-order valence-electron chi connectivity index (χ4n) is 1.39. The molecule has 0 aliphatic rings. The molecule has 0 aliphatic carbocycles. The molecule has 1 aromatic carbocycles. The van der Waals surface area contributed by atoms with E-state index in [9.17, 15) is 9.18 Å². The van der Waals surface area contributed by atoms with Crippen molar-refractivity contribution in [3.05, 3.63) is 29.6 Å². The molecule has 0 saturated heterocycles. The summed E-state index contributed by atoms with van der Waals surface area (Å²) in [6.45, 7) is 0.563. The van der Waals surface area contributed by atoms with Crippen LogP contribution in [0.3, 0.4) is 0 Å². The minimum Gasteiger partial charge on any atom is -0.481 e. The van der Waals surface area contributed by atoms with Crippen molar-refractivity contribution in [1.82, 2.24) is 0 Å². The van der Waals surface area contributed by atoms with E-state index in [-0.39, 0.29) is 12.0 Å². The van der Waals surface area contributed by atoms with Gasteiger partial charge in [-0.15, -0.1) is 0 Å². The maximum absolute atomic E-state index is 12.8. The lowest BCUT2D eigenvalue weighted by molar-refractivity contribution is -0.137. The molecular weight excluding hydrogens is 223 g/mol. The van der Waals surface area contributed by atoms with Crippen LogP contribution in [0.2, 0.25) is 0 Å². The van der Waals surface area contributed by atoms with Crippen LogP contribution in [-0.4, -0.2) is 17.6 Å². The molecule has 0 aromatic heterocycles. The average Bonchev–Trinajstić information content (AvgIpc) is 2.29. The molecule has 0 radical (unpaired) electrons. The molecule has 0 saturated carbocycles. The highest BCUT2D eigenvalue weighted by molar-refractivity contribution is 5.66. The van der Waals surface area contributed by atoms with E-state index >= 15 is 0 Å². The van der Waals surface area contributed by atoms with Crippen LogP contribution >= 0.6 is 0 Å². The highest BCUT2D eigenvalue weighted by atomic mass is 19.1. The molecule has 0 spiro atoms. The summed E-state index contributed by atoms with van der Waals surface area (Å²) in [5.41, 5.74) is 0.826. The van der Waals surface area contributed by atoms with Crippen LogP contribution in [0.5, 0.6) is 0 Å². The third kappa shape index (κ3) is 4.51. The predicted molar refractivity (Wildman–Crippen MR) is 61.1 cm³/mol. The number of nitrogens with one attached hydrogen (secondary N) is 1. The standard InChI is InChI=1S/C12H13FN2O2/c13-10-4-5-11(9(7-10)8-14)15-6-2-1-3-12(16)17/h4-5,7,15H,1-3,6H2,(H,16,17). The SMILES string of the molecule is N#Cc1cc(F)ccc1NCCCCC(=O)O. The minimum atomic E-state index is -0.815. The Bertz CT molecular complexity index is 441. The number of carboxylic acids is 1. The van der Waals surface area contributed by atoms with Gasteiger partial charge >= 0.3 is 5.97 Å². The maximum Gasteiger partial charge on any atom is 0.303 e. The van der Waals surface area contributed by atoms with Crippen molar-refractivity contribution < 1.29 is 14.3 Å². The summed E-state index contributed by atoms with van der Waals surface area (Å²) in [5.74, 6) is -1.26. The molecule has 0 atom stereocenters. The van der Waals surface area contributed by atoms with Gasteiger partial charge in [0.15, 0.2) is 0 Å². The molecule has 2 N–H and O–H groups in total. The molecule has 0 fully saturated rings. The Morgan fingerprint density at radius 2 is 2.24 bits per heavy atom. The number of carbonyl (C=O) groups is 1. The number of hydrogen-bond donors (Lipinski definition) is 2. The number of aliphatic carboxylic acids is 1. The number of unbranched alkanes of at least 4 members (excludes halogenated alkanes) is 1. The van der Waals surface area contributed by atoms with Crippen molar-refractivity contribution in [1.29, 1.82) is 5.26 Å². The van der Waals surface area contributed by atoms with Crippen LogP contribution in [0.15, 0.2) is 18.2 Å². The molecule has 90 valence electrons. The Morgan fingerprint density at radius 3 is 2.88 bits per heavy atom. The molecule has 5 heteroatoms. The van der Waals surface area contributed by atoms with E-state index in [0.717, 1.165) is 0 Å². The number of benzene rings is 1. The third-order valence-corrected chi connectivity index (χ3v) is 2.23. The summed E-state index contributed by atoms with van der Waals surface area (Å²) in [6, 6.07) is 5.85. The van der Waals surface area contributed by atoms with Gasteiger partial charge in [-0.25, -0.2) is 4.39 Å². The summed E-state index contributed by atoms with van der Waals surface area (Å²) < 4.78 is 12.8. The van der Waals surface area contributed by atoms with E-state index in [1.54, 1.807) is 0 Å². The summed E-state index contributed by atoms with van der Waals surface area (Å²) in [7, 11) is 0. The maximum atomic E-state index is 12.8. The zero-order chi connectivity index (χ0) is 12.7. The molecule has 0 amide bonds. The zero-order valence-electron chi connectivity index (χ0n) is 9.24. The number of hydrogen-bond acceptors (Lipinski definition) is 3. The van der Waals surface area contributed by atoms with Gasteiger partial charge in [-0.1, -0.05) is 0 Å². The number of nitrogens with zero attached hydrogens (tertiary/aromatic N) is 1.